The molecule has 2 rings (SSSR count). The van der Waals surface area contributed by atoms with Crippen molar-refractivity contribution in [1.82, 2.24) is 9.97 Å². The second kappa shape index (κ2) is 6.19. The molecule has 5 nitrogen and oxygen atoms in total. The van der Waals surface area contributed by atoms with E-state index in [4.69, 9.17) is 5.84 Å². The maximum absolute atomic E-state index is 5.46. The van der Waals surface area contributed by atoms with Crippen molar-refractivity contribution in [1.29, 1.82) is 0 Å². The molecule has 106 valence electrons. The summed E-state index contributed by atoms with van der Waals surface area (Å²) in [5.74, 6) is 7.73. The highest BCUT2D eigenvalue weighted by molar-refractivity contribution is 9.10. The van der Waals surface area contributed by atoms with Gasteiger partial charge in [0.25, 0.3) is 0 Å². The maximum Gasteiger partial charge on any atom is 0.145 e. The van der Waals surface area contributed by atoms with Gasteiger partial charge in [0, 0.05) is 16.5 Å². The van der Waals surface area contributed by atoms with E-state index in [0.717, 1.165) is 21.5 Å². The molecule has 6 heteroatoms. The SMILES string of the molecule is Cc1cccc(Nc2cc(NN)nc(C(C)C)n2)c1Br. The first-order valence-corrected chi connectivity index (χ1v) is 7.18. The summed E-state index contributed by atoms with van der Waals surface area (Å²) in [6.07, 6.45) is 0. The molecule has 0 unspecified atom stereocenters. The Morgan fingerprint density at radius 1 is 1.20 bits per heavy atom. The monoisotopic (exact) mass is 335 g/mol. The van der Waals surface area contributed by atoms with Gasteiger partial charge in [0.1, 0.15) is 17.5 Å². The molecule has 0 fully saturated rings. The van der Waals surface area contributed by atoms with Gasteiger partial charge in [-0.25, -0.2) is 15.8 Å². The van der Waals surface area contributed by atoms with Crippen LogP contribution in [0.3, 0.4) is 0 Å². The van der Waals surface area contributed by atoms with Crippen LogP contribution in [0.4, 0.5) is 17.3 Å². The number of rotatable bonds is 4. The molecule has 0 radical (unpaired) electrons. The summed E-state index contributed by atoms with van der Waals surface area (Å²) in [4.78, 5) is 8.84. The molecule has 0 aliphatic carbocycles. The van der Waals surface area contributed by atoms with Gasteiger partial charge in [0.2, 0.25) is 0 Å². The Bertz CT molecular complexity index is 613. The van der Waals surface area contributed by atoms with Crippen molar-refractivity contribution in [3.8, 4) is 0 Å². The van der Waals surface area contributed by atoms with Gasteiger partial charge in [0.15, 0.2) is 0 Å². The van der Waals surface area contributed by atoms with E-state index in [9.17, 15) is 0 Å². The van der Waals surface area contributed by atoms with Crippen LogP contribution in [0.5, 0.6) is 0 Å². The van der Waals surface area contributed by atoms with Crippen molar-refractivity contribution in [3.63, 3.8) is 0 Å². The number of hydrogen-bond acceptors (Lipinski definition) is 5. The van der Waals surface area contributed by atoms with Crippen LogP contribution in [0.1, 0.15) is 31.2 Å². The molecule has 0 bridgehead atoms. The molecule has 1 heterocycles. The second-order valence-corrected chi connectivity index (χ2v) is 5.65. The standard InChI is InChI=1S/C14H18BrN5/c1-8(2)14-18-11(7-12(19-14)20-16)17-10-6-4-5-9(3)13(10)15/h4-8H,16H2,1-3H3,(H2,17,18,19,20). The molecule has 20 heavy (non-hydrogen) atoms. The van der Waals surface area contributed by atoms with Gasteiger partial charge in [0.05, 0.1) is 5.69 Å². The normalized spacial score (nSPS) is 10.7. The van der Waals surface area contributed by atoms with Gasteiger partial charge in [-0.2, -0.15) is 0 Å². The number of nitrogens with one attached hydrogen (secondary N) is 2. The summed E-state index contributed by atoms with van der Waals surface area (Å²) in [5.41, 5.74) is 4.69. The fraction of sp³-hybridized carbons (Fsp3) is 0.286. The zero-order valence-electron chi connectivity index (χ0n) is 11.7. The van der Waals surface area contributed by atoms with Crippen LogP contribution < -0.4 is 16.6 Å². The summed E-state index contributed by atoms with van der Waals surface area (Å²) in [5, 5.41) is 3.29. The lowest BCUT2D eigenvalue weighted by molar-refractivity contribution is 0.777. The zero-order chi connectivity index (χ0) is 14.7. The molecule has 0 amide bonds. The number of halogens is 1. The van der Waals surface area contributed by atoms with Crippen molar-refractivity contribution in [2.75, 3.05) is 10.7 Å². The average Bonchev–Trinajstić information content (AvgIpc) is 2.43. The van der Waals surface area contributed by atoms with E-state index >= 15 is 0 Å². The van der Waals surface area contributed by atoms with Crippen LogP contribution in [-0.2, 0) is 0 Å². The van der Waals surface area contributed by atoms with Crippen LogP contribution >= 0.6 is 15.9 Å². The first-order chi connectivity index (χ1) is 9.51. The molecular weight excluding hydrogens is 318 g/mol. The van der Waals surface area contributed by atoms with Gasteiger partial charge in [-0.1, -0.05) is 26.0 Å². The predicted octanol–water partition coefficient (Wildman–Crippen LogP) is 3.70. The van der Waals surface area contributed by atoms with Crippen LogP contribution in [-0.4, -0.2) is 9.97 Å². The number of nitrogen functional groups attached to an aromatic ring is 1. The molecule has 0 aliphatic rings. The fourth-order valence-electron chi connectivity index (χ4n) is 1.74. The Hall–Kier alpha value is -1.66. The van der Waals surface area contributed by atoms with Crippen molar-refractivity contribution in [3.05, 3.63) is 40.1 Å². The van der Waals surface area contributed by atoms with Crippen molar-refractivity contribution in [2.45, 2.75) is 26.7 Å². The van der Waals surface area contributed by atoms with Crippen molar-refractivity contribution < 1.29 is 0 Å². The lowest BCUT2D eigenvalue weighted by Crippen LogP contribution is -2.12. The molecule has 1 aromatic carbocycles. The molecule has 0 saturated carbocycles. The number of nitrogens with two attached hydrogens (primary N) is 1. The Kier molecular flexibility index (Phi) is 4.57. The third-order valence-corrected chi connectivity index (χ3v) is 3.91. The highest BCUT2D eigenvalue weighted by Gasteiger charge is 2.09. The molecule has 0 spiro atoms. The Morgan fingerprint density at radius 2 is 1.90 bits per heavy atom. The molecule has 0 saturated heterocycles. The molecule has 1 aromatic heterocycles. The van der Waals surface area contributed by atoms with Crippen LogP contribution in [0.25, 0.3) is 0 Å². The topological polar surface area (TPSA) is 75.9 Å². The minimum absolute atomic E-state index is 0.227. The summed E-state index contributed by atoms with van der Waals surface area (Å²) >= 11 is 3.57. The zero-order valence-corrected chi connectivity index (χ0v) is 13.3. The minimum Gasteiger partial charge on any atom is -0.339 e. The number of hydrogen-bond donors (Lipinski definition) is 3. The van der Waals surface area contributed by atoms with E-state index in [1.807, 2.05) is 39.0 Å². The van der Waals surface area contributed by atoms with Crippen molar-refractivity contribution in [2.24, 2.45) is 5.84 Å². The van der Waals surface area contributed by atoms with Gasteiger partial charge in [-0.3, -0.25) is 0 Å². The number of nitrogens with zero attached hydrogens (tertiary/aromatic N) is 2. The third kappa shape index (κ3) is 3.26. The lowest BCUT2D eigenvalue weighted by Gasteiger charge is -2.13. The minimum atomic E-state index is 0.227. The molecule has 0 atom stereocenters. The van der Waals surface area contributed by atoms with Gasteiger partial charge < -0.3 is 10.7 Å². The molecular formula is C14H18BrN5. The summed E-state index contributed by atoms with van der Waals surface area (Å²) in [6.45, 7) is 6.13. The first kappa shape index (κ1) is 14.7. The number of anilines is 3. The van der Waals surface area contributed by atoms with E-state index in [0.29, 0.717) is 11.6 Å². The van der Waals surface area contributed by atoms with Gasteiger partial charge in [-0.05, 0) is 34.5 Å². The molecule has 2 aromatic rings. The number of benzene rings is 1. The van der Waals surface area contributed by atoms with E-state index < -0.39 is 0 Å². The largest absolute Gasteiger partial charge is 0.339 e. The summed E-state index contributed by atoms with van der Waals surface area (Å²) in [7, 11) is 0. The van der Waals surface area contributed by atoms with E-state index in [2.05, 4.69) is 36.6 Å². The number of hydrazine groups is 1. The molecule has 0 aliphatic heterocycles. The number of aryl methyl sites for hydroxylation is 1. The highest BCUT2D eigenvalue weighted by Crippen LogP contribution is 2.29. The Labute approximate surface area is 127 Å². The van der Waals surface area contributed by atoms with Crippen LogP contribution in [0.2, 0.25) is 0 Å². The summed E-state index contributed by atoms with van der Waals surface area (Å²) in [6, 6.07) is 7.81. The number of aromatic nitrogens is 2. The lowest BCUT2D eigenvalue weighted by atomic mass is 10.2. The highest BCUT2D eigenvalue weighted by atomic mass is 79.9. The second-order valence-electron chi connectivity index (χ2n) is 4.86. The van der Waals surface area contributed by atoms with E-state index in [1.54, 1.807) is 6.07 Å². The quantitative estimate of drug-likeness (QED) is 0.586. The predicted molar refractivity (Wildman–Crippen MR) is 86.1 cm³/mol. The van der Waals surface area contributed by atoms with Gasteiger partial charge in [-0.15, -0.1) is 0 Å². The maximum atomic E-state index is 5.46. The third-order valence-electron chi connectivity index (χ3n) is 2.86. The van der Waals surface area contributed by atoms with Crippen LogP contribution in [0, 0.1) is 6.92 Å². The smallest absolute Gasteiger partial charge is 0.145 e. The van der Waals surface area contributed by atoms with Gasteiger partial charge >= 0.3 is 0 Å². The van der Waals surface area contributed by atoms with Crippen molar-refractivity contribution >= 4 is 33.3 Å². The van der Waals surface area contributed by atoms with E-state index in [-0.39, 0.29) is 5.92 Å². The Balaban J connectivity index is 2.37. The first-order valence-electron chi connectivity index (χ1n) is 6.39. The average molecular weight is 336 g/mol. The van der Waals surface area contributed by atoms with Crippen LogP contribution in [0.15, 0.2) is 28.7 Å². The Morgan fingerprint density at radius 3 is 2.55 bits per heavy atom. The van der Waals surface area contributed by atoms with E-state index in [1.165, 1.54) is 0 Å². The fourth-order valence-corrected chi connectivity index (χ4v) is 2.11. The summed E-state index contributed by atoms with van der Waals surface area (Å²) < 4.78 is 1.02. The molecule has 4 N–H and O–H groups in total.